The topological polar surface area (TPSA) is 132 Å². The van der Waals surface area contributed by atoms with Crippen molar-refractivity contribution >= 4 is 17.3 Å². The van der Waals surface area contributed by atoms with Crippen molar-refractivity contribution in [3.8, 4) is 16.9 Å². The molecule has 7 nitrogen and oxygen atoms in total. The highest BCUT2D eigenvalue weighted by Gasteiger charge is 2.71. The molecule has 3 aliphatic carbocycles. The summed E-state index contributed by atoms with van der Waals surface area (Å²) in [7, 11) is 0. The molecular formula is C33H36O7. The van der Waals surface area contributed by atoms with Crippen LogP contribution < -0.4 is 0 Å². The number of aliphatic hydroxyl groups excluding tert-OH is 2. The first kappa shape index (κ1) is 27.8. The third-order valence-electron chi connectivity index (χ3n) is 9.56. The van der Waals surface area contributed by atoms with Crippen LogP contribution in [0.15, 0.2) is 59.1 Å². The Morgan fingerprint density at radius 2 is 1.65 bits per heavy atom. The number of Topliss-reactive ketones (excluding diaryl/α,β-unsaturated/α-hetero) is 3. The van der Waals surface area contributed by atoms with Gasteiger partial charge in [0.1, 0.15) is 22.8 Å². The van der Waals surface area contributed by atoms with Crippen LogP contribution in [0.25, 0.3) is 11.1 Å². The van der Waals surface area contributed by atoms with Gasteiger partial charge in [0.2, 0.25) is 5.78 Å². The first-order valence-corrected chi connectivity index (χ1v) is 13.8. The average Bonchev–Trinajstić information content (AvgIpc) is 2.86. The molecule has 0 aliphatic heterocycles. The fourth-order valence-corrected chi connectivity index (χ4v) is 7.92. The number of phenols is 1. The Bertz CT molecular complexity index is 1540. The SMILES string of the molecule is CCc1ccc(-c2ccc(O)c3c2C[C@]2(C)C[C@]4(C)C(C(C)C)C(O)=C(C(C)=O)C(=O)[C@]4(O)C(O)=C2C3=O)cc1. The maximum Gasteiger partial charge on any atom is 0.209 e. The Labute approximate surface area is 233 Å². The maximum absolute atomic E-state index is 14.2. The smallest absolute Gasteiger partial charge is 0.209 e. The molecule has 0 fully saturated rings. The van der Waals surface area contributed by atoms with Crippen LogP contribution in [0, 0.1) is 22.7 Å². The van der Waals surface area contributed by atoms with E-state index in [4.69, 9.17) is 0 Å². The predicted octanol–water partition coefficient (Wildman–Crippen LogP) is 5.58. The summed E-state index contributed by atoms with van der Waals surface area (Å²) in [5.74, 6) is -5.14. The molecule has 40 heavy (non-hydrogen) atoms. The lowest BCUT2D eigenvalue weighted by Gasteiger charge is -2.59. The van der Waals surface area contributed by atoms with Crippen molar-refractivity contribution in [1.29, 1.82) is 0 Å². The summed E-state index contributed by atoms with van der Waals surface area (Å²) in [6.45, 7) is 10.3. The van der Waals surface area contributed by atoms with Gasteiger partial charge in [-0.2, -0.15) is 0 Å². The van der Waals surface area contributed by atoms with Crippen LogP contribution in [-0.2, 0) is 22.4 Å². The highest BCUT2D eigenvalue weighted by Crippen LogP contribution is 2.65. The van der Waals surface area contributed by atoms with Gasteiger partial charge in [-0.05, 0) is 60.4 Å². The highest BCUT2D eigenvalue weighted by molar-refractivity contribution is 6.25. The van der Waals surface area contributed by atoms with Crippen LogP contribution in [-0.4, -0.2) is 43.4 Å². The summed E-state index contributed by atoms with van der Waals surface area (Å²) >= 11 is 0. The number of hydrogen-bond donors (Lipinski definition) is 4. The van der Waals surface area contributed by atoms with Crippen LogP contribution in [0.4, 0.5) is 0 Å². The Hall–Kier alpha value is -3.71. The summed E-state index contributed by atoms with van der Waals surface area (Å²) in [6, 6.07) is 11.2. The van der Waals surface area contributed by atoms with Crippen LogP contribution in [0.2, 0.25) is 0 Å². The molecule has 5 rings (SSSR count). The van der Waals surface area contributed by atoms with Crippen LogP contribution in [0.1, 0.15) is 69.4 Å². The summed E-state index contributed by atoms with van der Waals surface area (Å²) in [5, 5.41) is 46.0. The monoisotopic (exact) mass is 544 g/mol. The van der Waals surface area contributed by atoms with Crippen LogP contribution in [0.3, 0.4) is 0 Å². The molecule has 4 atom stereocenters. The van der Waals surface area contributed by atoms with E-state index in [0.717, 1.165) is 30.0 Å². The van der Waals surface area contributed by atoms with E-state index in [-0.39, 0.29) is 35.6 Å². The molecule has 210 valence electrons. The van der Waals surface area contributed by atoms with E-state index in [9.17, 15) is 34.8 Å². The lowest BCUT2D eigenvalue weighted by atomic mass is 9.44. The molecule has 0 spiro atoms. The number of carbonyl (C=O) groups is 3. The average molecular weight is 545 g/mol. The number of aliphatic hydroxyl groups is 3. The van der Waals surface area contributed by atoms with E-state index in [1.807, 2.05) is 38.1 Å². The zero-order valence-electron chi connectivity index (χ0n) is 23.8. The summed E-state index contributed by atoms with van der Waals surface area (Å²) in [5.41, 5.74) is -2.35. The van der Waals surface area contributed by atoms with Crippen molar-refractivity contribution in [2.75, 3.05) is 0 Å². The van der Waals surface area contributed by atoms with Gasteiger partial charge in [-0.1, -0.05) is 65.0 Å². The standard InChI is InChI=1S/C33H36O7/c1-7-18-8-10-19(11-9-18)20-12-13-22(35)24-21(20)14-31(5)15-32(6)25(16(2)3)27(36)23(17(4)34)29(38)33(32,40)30(39)26(31)28(24)37/h8-13,16,25,35-36,39-40H,7,14-15H2,1-6H3/t25?,31-,32-,33+/m1/s1. The number of carbonyl (C=O) groups excluding carboxylic acids is 3. The lowest BCUT2D eigenvalue weighted by molar-refractivity contribution is -0.171. The molecule has 3 aliphatic rings. The number of ketones is 3. The minimum Gasteiger partial charge on any atom is -0.511 e. The Morgan fingerprint density at radius 3 is 2.20 bits per heavy atom. The largest absolute Gasteiger partial charge is 0.511 e. The molecule has 0 aromatic heterocycles. The number of rotatable bonds is 4. The van der Waals surface area contributed by atoms with E-state index in [2.05, 4.69) is 6.92 Å². The van der Waals surface area contributed by atoms with E-state index in [1.165, 1.54) is 6.07 Å². The molecule has 0 heterocycles. The molecule has 1 unspecified atom stereocenters. The molecule has 0 amide bonds. The van der Waals surface area contributed by atoms with Crippen LogP contribution in [0.5, 0.6) is 5.75 Å². The fourth-order valence-electron chi connectivity index (χ4n) is 7.92. The molecule has 0 radical (unpaired) electrons. The Morgan fingerprint density at radius 1 is 1.02 bits per heavy atom. The first-order chi connectivity index (χ1) is 18.6. The van der Waals surface area contributed by atoms with E-state index >= 15 is 0 Å². The molecule has 0 bridgehead atoms. The third-order valence-corrected chi connectivity index (χ3v) is 9.56. The lowest BCUT2D eigenvalue weighted by Crippen LogP contribution is -2.67. The quantitative estimate of drug-likeness (QED) is 0.370. The van der Waals surface area contributed by atoms with E-state index in [0.29, 0.717) is 5.56 Å². The van der Waals surface area contributed by atoms with Crippen molar-refractivity contribution < 1.29 is 34.8 Å². The van der Waals surface area contributed by atoms with Gasteiger partial charge < -0.3 is 20.4 Å². The first-order valence-electron chi connectivity index (χ1n) is 13.8. The van der Waals surface area contributed by atoms with Crippen molar-refractivity contribution in [2.45, 2.75) is 66.4 Å². The maximum atomic E-state index is 14.2. The Balaban J connectivity index is 1.79. The minimum absolute atomic E-state index is 0.0251. The molecule has 2 aromatic carbocycles. The predicted molar refractivity (Wildman–Crippen MR) is 150 cm³/mol. The van der Waals surface area contributed by atoms with Gasteiger partial charge in [0.05, 0.1) is 5.56 Å². The number of hydrogen-bond acceptors (Lipinski definition) is 7. The van der Waals surface area contributed by atoms with Crippen molar-refractivity contribution in [3.05, 3.63) is 75.8 Å². The second-order valence-corrected chi connectivity index (χ2v) is 12.5. The molecule has 4 N–H and O–H groups in total. The highest BCUT2D eigenvalue weighted by atomic mass is 16.3. The summed E-state index contributed by atoms with van der Waals surface area (Å²) in [6.07, 6.45) is 1.18. The zero-order chi connectivity index (χ0) is 29.5. The fraction of sp³-hybridized carbons (Fsp3) is 0.424. The molecule has 0 saturated heterocycles. The molecular weight excluding hydrogens is 508 g/mol. The molecule has 0 saturated carbocycles. The summed E-state index contributed by atoms with van der Waals surface area (Å²) in [4.78, 5) is 40.4. The van der Waals surface area contributed by atoms with Gasteiger partial charge in [-0.15, -0.1) is 0 Å². The zero-order valence-corrected chi connectivity index (χ0v) is 23.8. The summed E-state index contributed by atoms with van der Waals surface area (Å²) < 4.78 is 0. The van der Waals surface area contributed by atoms with Crippen molar-refractivity contribution in [2.24, 2.45) is 22.7 Å². The minimum atomic E-state index is -2.61. The van der Waals surface area contributed by atoms with E-state index < -0.39 is 56.8 Å². The molecule has 7 heteroatoms. The van der Waals surface area contributed by atoms with E-state index in [1.54, 1.807) is 19.9 Å². The van der Waals surface area contributed by atoms with Crippen molar-refractivity contribution in [1.82, 2.24) is 0 Å². The second-order valence-electron chi connectivity index (χ2n) is 12.5. The van der Waals surface area contributed by atoms with Gasteiger partial charge in [0, 0.05) is 22.3 Å². The van der Waals surface area contributed by atoms with Gasteiger partial charge in [-0.25, -0.2) is 0 Å². The Kier molecular flexibility index (Phi) is 6.19. The number of aromatic hydroxyl groups is 1. The van der Waals surface area contributed by atoms with Gasteiger partial charge in [0.25, 0.3) is 0 Å². The third kappa shape index (κ3) is 3.43. The number of allylic oxidation sites excluding steroid dienone is 2. The normalized spacial score (nSPS) is 29.9. The van der Waals surface area contributed by atoms with Crippen LogP contribution >= 0.6 is 0 Å². The number of benzene rings is 2. The van der Waals surface area contributed by atoms with Gasteiger partial charge >= 0.3 is 0 Å². The molecule has 2 aromatic rings. The number of phenolic OH excluding ortho intramolecular Hbond substituents is 1. The van der Waals surface area contributed by atoms with Crippen molar-refractivity contribution in [3.63, 3.8) is 0 Å². The number of fused-ring (bicyclic) bond motifs is 3. The van der Waals surface area contributed by atoms with Gasteiger partial charge in [-0.3, -0.25) is 14.4 Å². The second kappa shape index (κ2) is 8.90. The number of aryl methyl sites for hydroxylation is 1. The van der Waals surface area contributed by atoms with Gasteiger partial charge in [0.15, 0.2) is 17.2 Å².